The van der Waals surface area contributed by atoms with E-state index in [1.54, 1.807) is 16.3 Å². The average Bonchev–Trinajstić information content (AvgIpc) is 2.89. The van der Waals surface area contributed by atoms with Crippen LogP contribution in [0.25, 0.3) is 0 Å². The summed E-state index contributed by atoms with van der Waals surface area (Å²) in [5, 5.41) is 10.8. The summed E-state index contributed by atoms with van der Waals surface area (Å²) in [6, 6.07) is 1.78. The van der Waals surface area contributed by atoms with Crippen LogP contribution in [0.15, 0.2) is 11.4 Å². The number of carbonyl (C=O) groups is 1. The van der Waals surface area contributed by atoms with Crippen LogP contribution in [-0.2, 0) is 0 Å². The quantitative estimate of drug-likeness (QED) is 0.772. The van der Waals surface area contributed by atoms with Gasteiger partial charge in [0.25, 0.3) is 5.91 Å². The summed E-state index contributed by atoms with van der Waals surface area (Å²) in [4.78, 5) is 14.8. The Balaban J connectivity index is 2.75. The van der Waals surface area contributed by atoms with Crippen molar-refractivity contribution in [2.24, 2.45) is 5.73 Å². The van der Waals surface area contributed by atoms with Crippen LogP contribution >= 0.6 is 11.3 Å². The van der Waals surface area contributed by atoms with Crippen molar-refractivity contribution in [2.45, 2.75) is 19.8 Å². The van der Waals surface area contributed by atoms with Crippen molar-refractivity contribution < 1.29 is 9.90 Å². The summed E-state index contributed by atoms with van der Waals surface area (Å²) in [5.41, 5.74) is 5.95. The normalized spacial score (nSPS) is 9.84. The molecule has 0 bridgehead atoms. The van der Waals surface area contributed by atoms with E-state index in [2.05, 4.69) is 18.8 Å². The molecule has 5 heteroatoms. The van der Waals surface area contributed by atoms with E-state index in [9.17, 15) is 4.79 Å². The maximum absolute atomic E-state index is 12.3. The Bertz CT molecular complexity index is 460. The zero-order valence-electron chi connectivity index (χ0n) is 11.2. The summed E-state index contributed by atoms with van der Waals surface area (Å²) < 4.78 is 0. The smallest absolute Gasteiger partial charge is 0.254 e. The van der Waals surface area contributed by atoms with Crippen LogP contribution in [0.5, 0.6) is 0 Å². The van der Waals surface area contributed by atoms with Crippen LogP contribution in [0.2, 0.25) is 0 Å². The van der Waals surface area contributed by atoms with Crippen LogP contribution in [0.1, 0.15) is 35.0 Å². The summed E-state index contributed by atoms with van der Waals surface area (Å²) in [6.45, 7) is 3.43. The first-order valence-corrected chi connectivity index (χ1v) is 7.28. The standard InChI is InChI=1S/C14H20N2O2S/c1-2-3-7-16(8-9-17)14(18)12-10-13(19-11-12)5-4-6-15/h10-11,17H,2-3,6-9,15H2,1H3. The maximum Gasteiger partial charge on any atom is 0.254 e. The molecule has 0 aliphatic heterocycles. The van der Waals surface area contributed by atoms with E-state index in [-0.39, 0.29) is 12.5 Å². The predicted octanol–water partition coefficient (Wildman–Crippen LogP) is 1.29. The first-order chi connectivity index (χ1) is 9.22. The molecule has 1 aromatic rings. The molecule has 0 radical (unpaired) electrons. The van der Waals surface area contributed by atoms with E-state index >= 15 is 0 Å². The molecule has 4 nitrogen and oxygen atoms in total. The number of hydrogen-bond donors (Lipinski definition) is 2. The number of aliphatic hydroxyl groups is 1. The van der Waals surface area contributed by atoms with Crippen LogP contribution in [0.3, 0.4) is 0 Å². The largest absolute Gasteiger partial charge is 0.395 e. The second-order valence-electron chi connectivity index (χ2n) is 4.07. The number of nitrogens with zero attached hydrogens (tertiary/aromatic N) is 1. The lowest BCUT2D eigenvalue weighted by molar-refractivity contribution is 0.0720. The van der Waals surface area contributed by atoms with Gasteiger partial charge in [-0.3, -0.25) is 4.79 Å². The van der Waals surface area contributed by atoms with Gasteiger partial charge in [-0.25, -0.2) is 0 Å². The van der Waals surface area contributed by atoms with Crippen molar-refractivity contribution in [2.75, 3.05) is 26.2 Å². The number of rotatable bonds is 6. The lowest BCUT2D eigenvalue weighted by Crippen LogP contribution is -2.34. The Labute approximate surface area is 118 Å². The van der Waals surface area contributed by atoms with Crippen molar-refractivity contribution in [3.05, 3.63) is 21.9 Å². The number of unbranched alkanes of at least 4 members (excludes halogenated alkanes) is 1. The van der Waals surface area contributed by atoms with E-state index in [0.29, 0.717) is 25.2 Å². The number of carbonyl (C=O) groups excluding carboxylic acids is 1. The van der Waals surface area contributed by atoms with Gasteiger partial charge in [0.1, 0.15) is 0 Å². The van der Waals surface area contributed by atoms with Gasteiger partial charge in [-0.15, -0.1) is 11.3 Å². The Hall–Kier alpha value is -1.35. The molecule has 0 saturated carbocycles. The van der Waals surface area contributed by atoms with Crippen molar-refractivity contribution in [3.63, 3.8) is 0 Å². The monoisotopic (exact) mass is 280 g/mol. The highest BCUT2D eigenvalue weighted by Gasteiger charge is 2.16. The second-order valence-corrected chi connectivity index (χ2v) is 4.99. The van der Waals surface area contributed by atoms with Crippen molar-refractivity contribution in [3.8, 4) is 11.8 Å². The topological polar surface area (TPSA) is 66.6 Å². The molecule has 0 saturated heterocycles. The second kappa shape index (κ2) is 8.70. The highest BCUT2D eigenvalue weighted by molar-refractivity contribution is 7.10. The van der Waals surface area contributed by atoms with Crippen molar-refractivity contribution in [1.29, 1.82) is 0 Å². The Morgan fingerprint density at radius 2 is 2.32 bits per heavy atom. The minimum Gasteiger partial charge on any atom is -0.395 e. The number of aliphatic hydroxyl groups excluding tert-OH is 1. The highest BCUT2D eigenvalue weighted by atomic mass is 32.1. The van der Waals surface area contributed by atoms with Gasteiger partial charge < -0.3 is 15.7 Å². The maximum atomic E-state index is 12.3. The van der Waals surface area contributed by atoms with E-state index in [4.69, 9.17) is 10.8 Å². The summed E-state index contributed by atoms with van der Waals surface area (Å²) in [7, 11) is 0. The third-order valence-electron chi connectivity index (χ3n) is 2.60. The summed E-state index contributed by atoms with van der Waals surface area (Å²) in [5.74, 6) is 5.64. The van der Waals surface area contributed by atoms with Gasteiger partial charge >= 0.3 is 0 Å². The zero-order chi connectivity index (χ0) is 14.1. The highest BCUT2D eigenvalue weighted by Crippen LogP contribution is 2.16. The molecule has 0 fully saturated rings. The zero-order valence-corrected chi connectivity index (χ0v) is 12.0. The molecule has 19 heavy (non-hydrogen) atoms. The fourth-order valence-electron chi connectivity index (χ4n) is 1.62. The lowest BCUT2D eigenvalue weighted by atomic mass is 10.2. The molecule has 0 unspecified atom stereocenters. The fraction of sp³-hybridized carbons (Fsp3) is 0.500. The minimum absolute atomic E-state index is 0.0145. The fourth-order valence-corrected chi connectivity index (χ4v) is 2.37. The molecule has 3 N–H and O–H groups in total. The first-order valence-electron chi connectivity index (χ1n) is 6.40. The number of nitrogens with two attached hydrogens (primary N) is 1. The van der Waals surface area contributed by atoms with E-state index in [0.717, 1.165) is 17.7 Å². The van der Waals surface area contributed by atoms with Gasteiger partial charge in [0.2, 0.25) is 0 Å². The molecular weight excluding hydrogens is 260 g/mol. The third-order valence-corrected chi connectivity index (χ3v) is 3.44. The van der Waals surface area contributed by atoms with Gasteiger partial charge in [-0.05, 0) is 12.5 Å². The Morgan fingerprint density at radius 3 is 2.95 bits per heavy atom. The molecule has 0 spiro atoms. The SMILES string of the molecule is CCCCN(CCO)C(=O)c1csc(C#CCN)c1. The molecule has 1 amide bonds. The number of amides is 1. The third kappa shape index (κ3) is 5.03. The van der Waals surface area contributed by atoms with Gasteiger partial charge in [-0.2, -0.15) is 0 Å². The van der Waals surface area contributed by atoms with E-state index in [1.165, 1.54) is 11.3 Å². The van der Waals surface area contributed by atoms with Crippen molar-refractivity contribution >= 4 is 17.2 Å². The van der Waals surface area contributed by atoms with Gasteiger partial charge in [0, 0.05) is 18.5 Å². The Kier molecular flexibility index (Phi) is 7.19. The number of hydrogen-bond acceptors (Lipinski definition) is 4. The van der Waals surface area contributed by atoms with Crippen molar-refractivity contribution in [1.82, 2.24) is 4.90 Å². The van der Waals surface area contributed by atoms with Gasteiger partial charge in [0.15, 0.2) is 0 Å². The molecule has 0 aliphatic carbocycles. The van der Waals surface area contributed by atoms with Gasteiger partial charge in [-0.1, -0.05) is 25.2 Å². The van der Waals surface area contributed by atoms with Gasteiger partial charge in [0.05, 0.1) is 23.6 Å². The summed E-state index contributed by atoms with van der Waals surface area (Å²) >= 11 is 1.44. The molecule has 0 atom stereocenters. The van der Waals surface area contributed by atoms with Crippen LogP contribution in [-0.4, -0.2) is 42.2 Å². The van der Waals surface area contributed by atoms with Crippen LogP contribution in [0, 0.1) is 11.8 Å². The Morgan fingerprint density at radius 1 is 1.53 bits per heavy atom. The molecular formula is C14H20N2O2S. The molecule has 0 aliphatic rings. The van der Waals surface area contributed by atoms with E-state index < -0.39 is 0 Å². The molecule has 1 aromatic heterocycles. The minimum atomic E-state index is -0.0421. The molecule has 1 heterocycles. The average molecular weight is 280 g/mol. The summed E-state index contributed by atoms with van der Waals surface area (Å²) in [6.07, 6.45) is 1.96. The molecule has 104 valence electrons. The van der Waals surface area contributed by atoms with Crippen LogP contribution in [0.4, 0.5) is 0 Å². The predicted molar refractivity (Wildman–Crippen MR) is 78.1 cm³/mol. The molecule has 1 rings (SSSR count). The van der Waals surface area contributed by atoms with E-state index in [1.807, 2.05) is 0 Å². The first kappa shape index (κ1) is 15.7. The molecule has 0 aromatic carbocycles. The number of thiophene rings is 1. The lowest BCUT2D eigenvalue weighted by Gasteiger charge is -2.20. The van der Waals surface area contributed by atoms with Crippen LogP contribution < -0.4 is 5.73 Å².